The maximum atomic E-state index is 12.6. The molecule has 6 nitrogen and oxygen atoms in total. The molecule has 0 spiro atoms. The number of rotatable bonds is 7. The molecule has 1 heterocycles. The monoisotopic (exact) mass is 418 g/mol. The molecule has 10 heteroatoms. The van der Waals surface area contributed by atoms with Crippen LogP contribution in [-0.4, -0.2) is 64.4 Å². The number of amides is 1. The molecule has 0 aliphatic carbocycles. The standard InChI is InChI=1S/C11H16BrClN2O4S2/c1-14(2)9(16)7-15(4-5-19-3)21(17,18)10-6-8(13)11(12)20-10/h6H,4-5,7H2,1-3H3. The van der Waals surface area contributed by atoms with E-state index in [0.29, 0.717) is 8.81 Å². The van der Waals surface area contributed by atoms with Crippen molar-refractivity contribution in [3.05, 3.63) is 14.9 Å². The highest BCUT2D eigenvalue weighted by atomic mass is 79.9. The summed E-state index contributed by atoms with van der Waals surface area (Å²) in [5.41, 5.74) is 0. The van der Waals surface area contributed by atoms with Crippen molar-refractivity contribution in [2.45, 2.75) is 4.21 Å². The van der Waals surface area contributed by atoms with Gasteiger partial charge in [-0.2, -0.15) is 4.31 Å². The number of methoxy groups -OCH3 is 1. The molecule has 0 aliphatic rings. The Labute approximate surface area is 141 Å². The normalized spacial score (nSPS) is 11.9. The lowest BCUT2D eigenvalue weighted by molar-refractivity contribution is -0.128. The number of hydrogen-bond donors (Lipinski definition) is 0. The molecule has 0 unspecified atom stereocenters. The summed E-state index contributed by atoms with van der Waals surface area (Å²) in [7, 11) is 0.819. The van der Waals surface area contributed by atoms with Crippen LogP contribution in [0.4, 0.5) is 0 Å². The van der Waals surface area contributed by atoms with Gasteiger partial charge in [-0.3, -0.25) is 4.79 Å². The third-order valence-electron chi connectivity index (χ3n) is 2.57. The first kappa shape index (κ1) is 18.9. The molecule has 0 saturated carbocycles. The number of likely N-dealkylation sites (N-methyl/N-ethyl adjacent to an activating group) is 1. The van der Waals surface area contributed by atoms with Crippen LogP contribution in [0.1, 0.15) is 0 Å². The van der Waals surface area contributed by atoms with Crippen molar-refractivity contribution in [2.24, 2.45) is 0 Å². The molecule has 1 aromatic rings. The topological polar surface area (TPSA) is 66.9 Å². The zero-order valence-electron chi connectivity index (χ0n) is 11.8. The van der Waals surface area contributed by atoms with Gasteiger partial charge in [0.2, 0.25) is 5.91 Å². The molecule has 1 amide bonds. The SMILES string of the molecule is COCCN(CC(=O)N(C)C)S(=O)(=O)c1cc(Cl)c(Br)s1. The number of nitrogens with zero attached hydrogens (tertiary/aromatic N) is 2. The fraction of sp³-hybridized carbons (Fsp3) is 0.545. The fourth-order valence-corrected chi connectivity index (χ4v) is 5.28. The van der Waals surface area contributed by atoms with Gasteiger partial charge in [0, 0.05) is 27.7 Å². The lowest BCUT2D eigenvalue weighted by Crippen LogP contribution is -2.41. The Bertz CT molecular complexity index is 584. The van der Waals surface area contributed by atoms with Crippen LogP contribution >= 0.6 is 38.9 Å². The summed E-state index contributed by atoms with van der Waals surface area (Å²) in [6.07, 6.45) is 0. The summed E-state index contributed by atoms with van der Waals surface area (Å²) in [6.45, 7) is 0.0393. The Balaban J connectivity index is 3.07. The second-order valence-corrected chi connectivity index (χ2v) is 9.25. The number of ether oxygens (including phenoxy) is 1. The Kier molecular flexibility index (Phi) is 7.08. The summed E-state index contributed by atoms with van der Waals surface area (Å²) in [4.78, 5) is 13.2. The Hall–Kier alpha value is -0.190. The highest BCUT2D eigenvalue weighted by Crippen LogP contribution is 2.35. The van der Waals surface area contributed by atoms with E-state index in [1.54, 1.807) is 14.1 Å². The molecular formula is C11H16BrClN2O4S2. The first-order chi connectivity index (χ1) is 9.70. The molecule has 0 N–H and O–H groups in total. The largest absolute Gasteiger partial charge is 0.383 e. The Morgan fingerprint density at radius 1 is 1.48 bits per heavy atom. The van der Waals surface area contributed by atoms with Gasteiger partial charge in [-0.1, -0.05) is 11.6 Å². The van der Waals surface area contributed by atoms with E-state index in [0.717, 1.165) is 15.6 Å². The van der Waals surface area contributed by atoms with Gasteiger partial charge in [0.25, 0.3) is 10.0 Å². The van der Waals surface area contributed by atoms with Crippen LogP contribution in [-0.2, 0) is 19.6 Å². The van der Waals surface area contributed by atoms with Crippen LogP contribution in [0.15, 0.2) is 14.1 Å². The summed E-state index contributed by atoms with van der Waals surface area (Å²) in [5, 5.41) is 0.323. The van der Waals surface area contributed by atoms with Crippen LogP contribution < -0.4 is 0 Å². The molecule has 1 rings (SSSR count). The van der Waals surface area contributed by atoms with Crippen LogP contribution in [0.5, 0.6) is 0 Å². The molecule has 0 fully saturated rings. The van der Waals surface area contributed by atoms with Crippen molar-refractivity contribution in [1.29, 1.82) is 0 Å². The van der Waals surface area contributed by atoms with Gasteiger partial charge in [-0.15, -0.1) is 11.3 Å². The Morgan fingerprint density at radius 2 is 2.10 bits per heavy atom. The van der Waals surface area contributed by atoms with E-state index in [1.807, 2.05) is 0 Å². The van der Waals surface area contributed by atoms with E-state index in [2.05, 4.69) is 15.9 Å². The van der Waals surface area contributed by atoms with Gasteiger partial charge < -0.3 is 9.64 Å². The maximum Gasteiger partial charge on any atom is 0.253 e. The van der Waals surface area contributed by atoms with Gasteiger partial charge in [-0.05, 0) is 22.0 Å². The minimum atomic E-state index is -3.79. The molecule has 0 radical (unpaired) electrons. The van der Waals surface area contributed by atoms with Gasteiger partial charge in [0.15, 0.2) is 0 Å². The number of halogens is 2. The third-order valence-corrected chi connectivity index (χ3v) is 7.34. The quantitative estimate of drug-likeness (QED) is 0.677. The molecular weight excluding hydrogens is 404 g/mol. The van der Waals surface area contributed by atoms with Gasteiger partial charge in [0.1, 0.15) is 4.21 Å². The fourth-order valence-electron chi connectivity index (χ4n) is 1.35. The summed E-state index contributed by atoms with van der Waals surface area (Å²) in [6, 6.07) is 1.37. The zero-order valence-corrected chi connectivity index (χ0v) is 15.8. The maximum absolute atomic E-state index is 12.6. The first-order valence-electron chi connectivity index (χ1n) is 5.84. The summed E-state index contributed by atoms with van der Waals surface area (Å²) in [5.74, 6) is -0.309. The minimum Gasteiger partial charge on any atom is -0.383 e. The summed E-state index contributed by atoms with van der Waals surface area (Å²) >= 11 is 10.1. The predicted octanol–water partition coefficient (Wildman–Crippen LogP) is 1.89. The van der Waals surface area contributed by atoms with Crippen LogP contribution in [0.25, 0.3) is 0 Å². The molecule has 0 atom stereocenters. The smallest absolute Gasteiger partial charge is 0.253 e. The molecule has 1 aromatic heterocycles. The molecule has 0 saturated heterocycles. The van der Waals surface area contributed by atoms with E-state index < -0.39 is 10.0 Å². The summed E-state index contributed by atoms with van der Waals surface area (Å²) < 4.78 is 31.8. The lowest BCUT2D eigenvalue weighted by Gasteiger charge is -2.22. The van der Waals surface area contributed by atoms with Gasteiger partial charge >= 0.3 is 0 Å². The van der Waals surface area contributed by atoms with Crippen LogP contribution in [0, 0.1) is 0 Å². The highest BCUT2D eigenvalue weighted by molar-refractivity contribution is 9.11. The van der Waals surface area contributed by atoms with Crippen molar-refractivity contribution in [2.75, 3.05) is 40.9 Å². The van der Waals surface area contributed by atoms with E-state index in [4.69, 9.17) is 16.3 Å². The first-order valence-corrected chi connectivity index (χ1v) is 9.27. The molecule has 0 bridgehead atoms. The molecule has 120 valence electrons. The van der Waals surface area contributed by atoms with Crippen LogP contribution in [0.3, 0.4) is 0 Å². The van der Waals surface area contributed by atoms with E-state index in [9.17, 15) is 13.2 Å². The van der Waals surface area contributed by atoms with E-state index >= 15 is 0 Å². The van der Waals surface area contributed by atoms with Crippen molar-refractivity contribution < 1.29 is 17.9 Å². The average molecular weight is 420 g/mol. The lowest BCUT2D eigenvalue weighted by atomic mass is 10.5. The number of carbonyl (C=O) groups excluding carboxylic acids is 1. The van der Waals surface area contributed by atoms with Gasteiger partial charge in [0.05, 0.1) is 22.0 Å². The second kappa shape index (κ2) is 7.89. The minimum absolute atomic E-state index is 0.0852. The number of hydrogen-bond acceptors (Lipinski definition) is 5. The van der Waals surface area contributed by atoms with Crippen molar-refractivity contribution in [3.63, 3.8) is 0 Å². The molecule has 0 aromatic carbocycles. The van der Waals surface area contributed by atoms with E-state index in [-0.39, 0.29) is 29.8 Å². The predicted molar refractivity (Wildman–Crippen MR) is 86.4 cm³/mol. The van der Waals surface area contributed by atoms with Crippen molar-refractivity contribution >= 4 is 54.8 Å². The number of sulfonamides is 1. The molecule has 21 heavy (non-hydrogen) atoms. The molecule has 0 aliphatic heterocycles. The van der Waals surface area contributed by atoms with Crippen molar-refractivity contribution in [3.8, 4) is 0 Å². The van der Waals surface area contributed by atoms with Crippen LogP contribution in [0.2, 0.25) is 5.02 Å². The zero-order chi connectivity index (χ0) is 16.2. The third kappa shape index (κ3) is 4.90. The number of carbonyl (C=O) groups is 1. The number of thiophene rings is 1. The second-order valence-electron chi connectivity index (χ2n) is 4.31. The highest BCUT2D eigenvalue weighted by Gasteiger charge is 2.29. The van der Waals surface area contributed by atoms with Crippen molar-refractivity contribution in [1.82, 2.24) is 9.21 Å². The van der Waals surface area contributed by atoms with E-state index in [1.165, 1.54) is 18.1 Å². The Morgan fingerprint density at radius 3 is 2.52 bits per heavy atom. The van der Waals surface area contributed by atoms with Gasteiger partial charge in [-0.25, -0.2) is 8.42 Å². The average Bonchev–Trinajstić information content (AvgIpc) is 2.74.